The number of nitrogens with zero attached hydrogens (tertiary/aromatic N) is 1. The summed E-state index contributed by atoms with van der Waals surface area (Å²) in [5.41, 5.74) is 1.49. The van der Waals surface area contributed by atoms with Gasteiger partial charge in [0, 0.05) is 16.7 Å². The minimum Gasteiger partial charge on any atom is -0.497 e. The largest absolute Gasteiger partial charge is 0.497 e. The molecule has 8 nitrogen and oxygen atoms in total. The van der Waals surface area contributed by atoms with E-state index in [0.29, 0.717) is 34.4 Å². The SMILES string of the molecule is COc1ccc(C=C2C(=O)NC(=O)N(c3ccc(OCc4ccc(Cl)cc4)cc3)C2=O)c(OC)c1. The van der Waals surface area contributed by atoms with Crippen molar-refractivity contribution in [2.45, 2.75) is 6.61 Å². The fraction of sp³-hybridized carbons (Fsp3) is 0.115. The molecule has 1 heterocycles. The Bertz CT molecular complexity index is 1300. The summed E-state index contributed by atoms with van der Waals surface area (Å²) in [5, 5.41) is 2.84. The molecule has 3 aromatic rings. The van der Waals surface area contributed by atoms with Gasteiger partial charge >= 0.3 is 6.03 Å². The lowest BCUT2D eigenvalue weighted by Gasteiger charge is -2.26. The van der Waals surface area contributed by atoms with Crippen LogP contribution >= 0.6 is 11.6 Å². The third kappa shape index (κ3) is 5.28. The normalized spacial score (nSPS) is 14.7. The molecule has 1 aliphatic heterocycles. The van der Waals surface area contributed by atoms with Gasteiger partial charge in [0.2, 0.25) is 0 Å². The van der Waals surface area contributed by atoms with Gasteiger partial charge in [0.25, 0.3) is 11.8 Å². The molecule has 0 aliphatic carbocycles. The number of ether oxygens (including phenoxy) is 3. The number of benzene rings is 3. The molecule has 1 fully saturated rings. The Morgan fingerprint density at radius 2 is 1.57 bits per heavy atom. The predicted molar refractivity (Wildman–Crippen MR) is 131 cm³/mol. The van der Waals surface area contributed by atoms with Crippen molar-refractivity contribution in [1.29, 1.82) is 0 Å². The molecule has 4 rings (SSSR count). The van der Waals surface area contributed by atoms with E-state index >= 15 is 0 Å². The molecule has 3 aromatic carbocycles. The Morgan fingerprint density at radius 1 is 0.886 bits per heavy atom. The highest BCUT2D eigenvalue weighted by molar-refractivity contribution is 6.39. The first kappa shape index (κ1) is 23.8. The number of barbiturate groups is 1. The van der Waals surface area contributed by atoms with Crippen LogP contribution in [0.25, 0.3) is 6.08 Å². The molecule has 0 aromatic heterocycles. The van der Waals surface area contributed by atoms with E-state index in [-0.39, 0.29) is 11.3 Å². The Labute approximate surface area is 206 Å². The topological polar surface area (TPSA) is 94.2 Å². The van der Waals surface area contributed by atoms with Crippen LogP contribution in [-0.2, 0) is 16.2 Å². The first-order valence-corrected chi connectivity index (χ1v) is 10.9. The molecule has 1 aliphatic rings. The Morgan fingerprint density at radius 3 is 2.23 bits per heavy atom. The zero-order valence-corrected chi connectivity index (χ0v) is 19.7. The summed E-state index contributed by atoms with van der Waals surface area (Å²) in [6, 6.07) is 17.8. The number of urea groups is 1. The van der Waals surface area contributed by atoms with Crippen molar-refractivity contribution in [3.05, 3.63) is 88.5 Å². The Kier molecular flexibility index (Phi) is 7.03. The number of hydrogen-bond acceptors (Lipinski definition) is 6. The number of rotatable bonds is 7. The second kappa shape index (κ2) is 10.3. The van der Waals surface area contributed by atoms with E-state index in [4.69, 9.17) is 25.8 Å². The van der Waals surface area contributed by atoms with Gasteiger partial charge in [0.05, 0.1) is 19.9 Å². The van der Waals surface area contributed by atoms with Crippen LogP contribution in [0.5, 0.6) is 17.2 Å². The monoisotopic (exact) mass is 492 g/mol. The first-order chi connectivity index (χ1) is 16.9. The highest BCUT2D eigenvalue weighted by Gasteiger charge is 2.37. The molecular formula is C26H21ClN2O6. The standard InChI is InChI=1S/C26H21ClN2O6/c1-33-21-10-5-17(23(14-21)34-2)13-22-24(30)28-26(32)29(25(22)31)19-8-11-20(12-9-19)35-15-16-3-6-18(27)7-4-16/h3-14H,15H2,1-2H3,(H,28,30,32). The minimum absolute atomic E-state index is 0.212. The summed E-state index contributed by atoms with van der Waals surface area (Å²) in [5.74, 6) is -0.0476. The van der Waals surface area contributed by atoms with E-state index in [2.05, 4.69) is 5.32 Å². The number of carbonyl (C=O) groups excluding carboxylic acids is 3. The number of imide groups is 2. The maximum atomic E-state index is 13.2. The van der Waals surface area contributed by atoms with E-state index < -0.39 is 17.8 Å². The number of carbonyl (C=O) groups is 3. The molecule has 178 valence electrons. The molecule has 0 radical (unpaired) electrons. The summed E-state index contributed by atoms with van der Waals surface area (Å²) in [4.78, 5) is 39.0. The number of anilines is 1. The van der Waals surface area contributed by atoms with Crippen LogP contribution in [0.15, 0.2) is 72.3 Å². The van der Waals surface area contributed by atoms with Crippen LogP contribution in [0, 0.1) is 0 Å². The Balaban J connectivity index is 1.55. The first-order valence-electron chi connectivity index (χ1n) is 10.5. The van der Waals surface area contributed by atoms with Crippen molar-refractivity contribution in [1.82, 2.24) is 5.32 Å². The number of methoxy groups -OCH3 is 2. The molecule has 0 unspecified atom stereocenters. The molecule has 35 heavy (non-hydrogen) atoms. The van der Waals surface area contributed by atoms with Gasteiger partial charge < -0.3 is 14.2 Å². The maximum Gasteiger partial charge on any atom is 0.335 e. The average molecular weight is 493 g/mol. The van der Waals surface area contributed by atoms with Crippen LogP contribution in [0.1, 0.15) is 11.1 Å². The molecule has 0 bridgehead atoms. The summed E-state index contributed by atoms with van der Waals surface area (Å²) in [7, 11) is 2.98. The molecular weight excluding hydrogens is 472 g/mol. The lowest BCUT2D eigenvalue weighted by atomic mass is 10.1. The summed E-state index contributed by atoms with van der Waals surface area (Å²) < 4.78 is 16.3. The van der Waals surface area contributed by atoms with Gasteiger partial charge in [0.15, 0.2) is 0 Å². The summed E-state index contributed by atoms with van der Waals surface area (Å²) in [6.07, 6.45) is 1.37. The average Bonchev–Trinajstić information content (AvgIpc) is 2.87. The number of hydrogen-bond donors (Lipinski definition) is 1. The smallest absolute Gasteiger partial charge is 0.335 e. The van der Waals surface area contributed by atoms with Crippen LogP contribution in [-0.4, -0.2) is 32.1 Å². The molecule has 1 saturated heterocycles. The molecule has 1 N–H and O–H groups in total. The lowest BCUT2D eigenvalue weighted by Crippen LogP contribution is -2.54. The van der Waals surface area contributed by atoms with Crippen molar-refractivity contribution < 1.29 is 28.6 Å². The molecule has 4 amide bonds. The van der Waals surface area contributed by atoms with Gasteiger partial charge in [-0.15, -0.1) is 0 Å². The number of amides is 4. The summed E-state index contributed by atoms with van der Waals surface area (Å²) in [6.45, 7) is 0.324. The highest BCUT2D eigenvalue weighted by atomic mass is 35.5. The zero-order valence-electron chi connectivity index (χ0n) is 18.9. The van der Waals surface area contributed by atoms with Crippen LogP contribution in [0.3, 0.4) is 0 Å². The van der Waals surface area contributed by atoms with Gasteiger partial charge in [-0.2, -0.15) is 0 Å². The molecule has 0 spiro atoms. The highest BCUT2D eigenvalue weighted by Crippen LogP contribution is 2.29. The Hall–Kier alpha value is -4.30. The van der Waals surface area contributed by atoms with Gasteiger partial charge in [-0.25, -0.2) is 9.69 Å². The number of halogens is 1. The van der Waals surface area contributed by atoms with Crippen molar-refractivity contribution in [2.75, 3.05) is 19.1 Å². The van der Waals surface area contributed by atoms with Crippen LogP contribution < -0.4 is 24.4 Å². The quantitative estimate of drug-likeness (QED) is 0.382. The predicted octanol–water partition coefficient (Wildman–Crippen LogP) is 4.60. The molecule has 0 saturated carbocycles. The van der Waals surface area contributed by atoms with E-state index in [0.717, 1.165) is 10.5 Å². The van der Waals surface area contributed by atoms with Gasteiger partial charge in [-0.1, -0.05) is 23.7 Å². The summed E-state index contributed by atoms with van der Waals surface area (Å²) >= 11 is 5.89. The van der Waals surface area contributed by atoms with E-state index in [1.807, 2.05) is 12.1 Å². The molecule has 9 heteroatoms. The third-order valence-corrected chi connectivity index (χ3v) is 5.51. The maximum absolute atomic E-state index is 13.2. The van der Waals surface area contributed by atoms with Gasteiger partial charge in [0.1, 0.15) is 29.4 Å². The van der Waals surface area contributed by atoms with Crippen LogP contribution in [0.4, 0.5) is 10.5 Å². The van der Waals surface area contributed by atoms with E-state index in [9.17, 15) is 14.4 Å². The van der Waals surface area contributed by atoms with Crippen molar-refractivity contribution in [2.24, 2.45) is 0 Å². The fourth-order valence-corrected chi connectivity index (χ4v) is 3.55. The van der Waals surface area contributed by atoms with Crippen LogP contribution in [0.2, 0.25) is 5.02 Å². The van der Waals surface area contributed by atoms with Gasteiger partial charge in [-0.3, -0.25) is 14.9 Å². The van der Waals surface area contributed by atoms with Crippen molar-refractivity contribution in [3.63, 3.8) is 0 Å². The van der Waals surface area contributed by atoms with Crippen molar-refractivity contribution >= 4 is 41.2 Å². The van der Waals surface area contributed by atoms with Gasteiger partial charge in [-0.05, 0) is 60.2 Å². The lowest BCUT2D eigenvalue weighted by molar-refractivity contribution is -0.122. The third-order valence-electron chi connectivity index (χ3n) is 5.26. The zero-order chi connectivity index (χ0) is 24.9. The van der Waals surface area contributed by atoms with E-state index in [1.54, 1.807) is 54.6 Å². The second-order valence-corrected chi connectivity index (χ2v) is 7.91. The number of nitrogens with one attached hydrogen (secondary N) is 1. The van der Waals surface area contributed by atoms with E-state index in [1.165, 1.54) is 20.3 Å². The molecule has 0 atom stereocenters. The van der Waals surface area contributed by atoms with Crippen molar-refractivity contribution in [3.8, 4) is 17.2 Å². The fourth-order valence-electron chi connectivity index (χ4n) is 3.42. The minimum atomic E-state index is -0.839. The second-order valence-electron chi connectivity index (χ2n) is 7.47.